The second-order valence-corrected chi connectivity index (χ2v) is 3.19. The highest BCUT2D eigenvalue weighted by atomic mass is 35.5. The number of piperidine rings is 1. The normalized spacial score (nSPS) is 28.8. The van der Waals surface area contributed by atoms with Crippen LogP contribution in [-0.4, -0.2) is 25.5 Å². The number of nitrogens with one attached hydrogen (secondary N) is 2. The van der Waals surface area contributed by atoms with E-state index >= 15 is 0 Å². The molecular weight excluding hydrogens is 176 g/mol. The number of halogens is 1. The molecule has 0 aromatic rings. The van der Waals surface area contributed by atoms with Crippen LogP contribution in [0.2, 0.25) is 0 Å². The average molecular weight is 193 g/mol. The zero-order chi connectivity index (χ0) is 8.27. The highest BCUT2D eigenvalue weighted by Gasteiger charge is 2.23. The van der Waals surface area contributed by atoms with Crippen LogP contribution >= 0.6 is 12.4 Å². The van der Waals surface area contributed by atoms with Gasteiger partial charge in [0.15, 0.2) is 0 Å². The number of rotatable bonds is 1. The minimum atomic E-state index is 0. The van der Waals surface area contributed by atoms with E-state index in [1.807, 2.05) is 0 Å². The molecule has 1 heterocycles. The molecule has 0 spiro atoms. The molecule has 12 heavy (non-hydrogen) atoms. The van der Waals surface area contributed by atoms with Crippen molar-refractivity contribution >= 4 is 18.3 Å². The van der Waals surface area contributed by atoms with E-state index in [2.05, 4.69) is 17.6 Å². The molecule has 0 aromatic heterocycles. The molecule has 0 aliphatic carbocycles. The lowest BCUT2D eigenvalue weighted by molar-refractivity contribution is -0.125. The first-order valence-electron chi connectivity index (χ1n) is 4.19. The quantitative estimate of drug-likeness (QED) is 0.637. The second-order valence-electron chi connectivity index (χ2n) is 3.19. The van der Waals surface area contributed by atoms with Gasteiger partial charge >= 0.3 is 0 Å². The highest BCUT2D eigenvalue weighted by Crippen LogP contribution is 2.15. The number of hydrogen-bond donors (Lipinski definition) is 2. The average Bonchev–Trinajstić information content (AvgIpc) is 2.03. The molecule has 0 aromatic carbocycles. The van der Waals surface area contributed by atoms with E-state index in [1.54, 1.807) is 7.05 Å². The van der Waals surface area contributed by atoms with Gasteiger partial charge in [0.05, 0.1) is 0 Å². The summed E-state index contributed by atoms with van der Waals surface area (Å²) in [5.41, 5.74) is 0. The SMILES string of the molecule is CNC(=O)[C@H]1CCN[C@@H](C)C1.Cl. The van der Waals surface area contributed by atoms with Crippen LogP contribution in [0.4, 0.5) is 0 Å². The standard InChI is InChI=1S/C8H16N2O.ClH/c1-6-5-7(3-4-10-6)8(11)9-2;/h6-7,10H,3-5H2,1-2H3,(H,9,11);1H/t6-,7-;/m0./s1. The summed E-state index contributed by atoms with van der Waals surface area (Å²) in [6.07, 6.45) is 1.95. The molecule has 3 nitrogen and oxygen atoms in total. The Morgan fingerprint density at radius 2 is 2.25 bits per heavy atom. The van der Waals surface area contributed by atoms with Crippen LogP contribution in [0.5, 0.6) is 0 Å². The maximum atomic E-state index is 11.2. The maximum Gasteiger partial charge on any atom is 0.222 e. The molecule has 1 aliphatic heterocycles. The first-order chi connectivity index (χ1) is 5.24. The Kier molecular flexibility index (Phi) is 5.25. The molecule has 1 rings (SSSR count). The van der Waals surface area contributed by atoms with Gasteiger partial charge in [-0.05, 0) is 26.3 Å². The minimum Gasteiger partial charge on any atom is -0.359 e. The Hall–Kier alpha value is -0.280. The van der Waals surface area contributed by atoms with Gasteiger partial charge in [0.2, 0.25) is 5.91 Å². The van der Waals surface area contributed by atoms with Crippen molar-refractivity contribution in [2.45, 2.75) is 25.8 Å². The topological polar surface area (TPSA) is 41.1 Å². The number of amides is 1. The number of carbonyl (C=O) groups is 1. The van der Waals surface area contributed by atoms with Gasteiger partial charge in [-0.25, -0.2) is 0 Å². The van der Waals surface area contributed by atoms with Gasteiger partial charge in [-0.15, -0.1) is 12.4 Å². The van der Waals surface area contributed by atoms with Gasteiger partial charge < -0.3 is 10.6 Å². The summed E-state index contributed by atoms with van der Waals surface area (Å²) in [4.78, 5) is 11.2. The Balaban J connectivity index is 0.00000121. The molecule has 72 valence electrons. The first kappa shape index (κ1) is 11.7. The summed E-state index contributed by atoms with van der Waals surface area (Å²) in [6, 6.07) is 0.492. The Labute approximate surface area is 79.7 Å². The van der Waals surface area contributed by atoms with Crippen LogP contribution in [0.15, 0.2) is 0 Å². The summed E-state index contributed by atoms with van der Waals surface area (Å²) in [7, 11) is 1.70. The smallest absolute Gasteiger partial charge is 0.222 e. The fraction of sp³-hybridized carbons (Fsp3) is 0.875. The first-order valence-corrected chi connectivity index (χ1v) is 4.19. The van der Waals surface area contributed by atoms with Gasteiger partial charge in [0.1, 0.15) is 0 Å². The molecule has 0 radical (unpaired) electrons. The zero-order valence-corrected chi connectivity index (χ0v) is 8.41. The molecule has 0 bridgehead atoms. The fourth-order valence-corrected chi connectivity index (χ4v) is 1.57. The molecule has 4 heteroatoms. The maximum absolute atomic E-state index is 11.2. The van der Waals surface area contributed by atoms with Crippen molar-refractivity contribution in [3.8, 4) is 0 Å². The van der Waals surface area contributed by atoms with Crippen LogP contribution in [0.25, 0.3) is 0 Å². The van der Waals surface area contributed by atoms with Crippen molar-refractivity contribution in [1.29, 1.82) is 0 Å². The summed E-state index contributed by atoms with van der Waals surface area (Å²) in [5, 5.41) is 6.00. The lowest BCUT2D eigenvalue weighted by Crippen LogP contribution is -2.41. The van der Waals surface area contributed by atoms with Crippen molar-refractivity contribution in [3.05, 3.63) is 0 Å². The van der Waals surface area contributed by atoms with Crippen LogP contribution < -0.4 is 10.6 Å². The molecule has 0 saturated carbocycles. The summed E-state index contributed by atoms with van der Waals surface area (Å²) in [6.45, 7) is 3.09. The van der Waals surface area contributed by atoms with Crippen molar-refractivity contribution < 1.29 is 4.79 Å². The highest BCUT2D eigenvalue weighted by molar-refractivity contribution is 5.85. The van der Waals surface area contributed by atoms with Gasteiger partial charge in [-0.1, -0.05) is 0 Å². The molecule has 2 atom stereocenters. The van der Waals surface area contributed by atoms with Gasteiger partial charge in [0, 0.05) is 19.0 Å². The van der Waals surface area contributed by atoms with Crippen LogP contribution in [0.1, 0.15) is 19.8 Å². The Morgan fingerprint density at radius 3 is 2.75 bits per heavy atom. The molecule has 2 N–H and O–H groups in total. The van der Waals surface area contributed by atoms with Crippen molar-refractivity contribution in [1.82, 2.24) is 10.6 Å². The van der Waals surface area contributed by atoms with Gasteiger partial charge in [-0.2, -0.15) is 0 Å². The van der Waals surface area contributed by atoms with Crippen molar-refractivity contribution in [3.63, 3.8) is 0 Å². The Bertz CT molecular complexity index is 152. The lowest BCUT2D eigenvalue weighted by atomic mass is 9.93. The van der Waals surface area contributed by atoms with Crippen molar-refractivity contribution in [2.75, 3.05) is 13.6 Å². The molecular formula is C8H17ClN2O. The van der Waals surface area contributed by atoms with Crippen molar-refractivity contribution in [2.24, 2.45) is 5.92 Å². The third kappa shape index (κ3) is 2.99. The number of carbonyl (C=O) groups excluding carboxylic acids is 1. The van der Waals surface area contributed by atoms with E-state index in [-0.39, 0.29) is 24.2 Å². The summed E-state index contributed by atoms with van der Waals surface area (Å²) >= 11 is 0. The largest absolute Gasteiger partial charge is 0.359 e. The third-order valence-corrected chi connectivity index (χ3v) is 2.24. The number of hydrogen-bond acceptors (Lipinski definition) is 2. The predicted molar refractivity (Wildman–Crippen MR) is 51.5 cm³/mol. The fourth-order valence-electron chi connectivity index (χ4n) is 1.57. The molecule has 0 unspecified atom stereocenters. The van der Waals surface area contributed by atoms with E-state index in [4.69, 9.17) is 0 Å². The van der Waals surface area contributed by atoms with Gasteiger partial charge in [-0.3, -0.25) is 4.79 Å². The zero-order valence-electron chi connectivity index (χ0n) is 7.59. The molecule has 1 fully saturated rings. The third-order valence-electron chi connectivity index (χ3n) is 2.24. The summed E-state index contributed by atoms with van der Waals surface area (Å²) in [5.74, 6) is 0.426. The van der Waals surface area contributed by atoms with Crippen LogP contribution in [0, 0.1) is 5.92 Å². The van der Waals surface area contributed by atoms with Crippen LogP contribution in [0.3, 0.4) is 0 Å². The van der Waals surface area contributed by atoms with Crippen LogP contribution in [-0.2, 0) is 4.79 Å². The molecule has 1 saturated heterocycles. The van der Waals surface area contributed by atoms with E-state index in [1.165, 1.54) is 0 Å². The van der Waals surface area contributed by atoms with E-state index in [9.17, 15) is 4.79 Å². The summed E-state index contributed by atoms with van der Waals surface area (Å²) < 4.78 is 0. The van der Waals surface area contributed by atoms with Gasteiger partial charge in [0.25, 0.3) is 0 Å². The minimum absolute atomic E-state index is 0. The second kappa shape index (κ2) is 5.38. The predicted octanol–water partition coefficient (Wildman–Crippen LogP) is 0.542. The monoisotopic (exact) mass is 192 g/mol. The van der Waals surface area contributed by atoms with E-state index < -0.39 is 0 Å². The van der Waals surface area contributed by atoms with E-state index in [0.717, 1.165) is 19.4 Å². The lowest BCUT2D eigenvalue weighted by Gasteiger charge is -2.26. The Morgan fingerprint density at radius 1 is 1.58 bits per heavy atom. The molecule has 1 amide bonds. The molecule has 1 aliphatic rings. The van der Waals surface area contributed by atoms with E-state index in [0.29, 0.717) is 6.04 Å².